The number of thiophene rings is 1. The van der Waals surface area contributed by atoms with Crippen molar-refractivity contribution in [3.05, 3.63) is 133 Å². The molecule has 2 heteroatoms. The number of nitrogens with one attached hydrogen (secondary N) is 1. The Balaban J connectivity index is 1.26. The maximum absolute atomic E-state index is 3.70. The highest BCUT2D eigenvalue weighted by molar-refractivity contribution is 7.26. The van der Waals surface area contributed by atoms with Gasteiger partial charge in [0.1, 0.15) is 0 Å². The largest absolute Gasteiger partial charge is 0.355 e. The van der Waals surface area contributed by atoms with Crippen molar-refractivity contribution in [1.82, 2.24) is 0 Å². The molecule has 0 spiro atoms. The van der Waals surface area contributed by atoms with E-state index in [2.05, 4.69) is 139 Å². The van der Waals surface area contributed by atoms with Gasteiger partial charge in [0, 0.05) is 31.5 Å². The molecule has 0 radical (unpaired) electrons. The molecule has 0 aliphatic rings. The van der Waals surface area contributed by atoms with Gasteiger partial charge in [-0.15, -0.1) is 11.3 Å². The van der Waals surface area contributed by atoms with Crippen molar-refractivity contribution in [2.45, 2.75) is 0 Å². The van der Waals surface area contributed by atoms with Crippen LogP contribution in [0.1, 0.15) is 0 Å². The molecule has 0 saturated heterocycles. The topological polar surface area (TPSA) is 12.0 Å². The van der Waals surface area contributed by atoms with Gasteiger partial charge in [-0.2, -0.15) is 0 Å². The zero-order valence-corrected chi connectivity index (χ0v) is 20.4. The Morgan fingerprint density at radius 1 is 0.500 bits per heavy atom. The van der Waals surface area contributed by atoms with E-state index < -0.39 is 0 Å². The summed E-state index contributed by atoms with van der Waals surface area (Å²) in [7, 11) is 0. The number of hydrogen-bond donors (Lipinski definition) is 1. The Morgan fingerprint density at radius 2 is 1.25 bits per heavy atom. The second-order valence-corrected chi connectivity index (χ2v) is 10.1. The average Bonchev–Trinajstić information content (AvgIpc) is 3.33. The number of fused-ring (bicyclic) bond motifs is 4. The monoisotopic (exact) mass is 477 g/mol. The fraction of sp³-hybridized carbons (Fsp3) is 0. The summed E-state index contributed by atoms with van der Waals surface area (Å²) in [5.74, 6) is 0. The summed E-state index contributed by atoms with van der Waals surface area (Å²) in [5.41, 5.74) is 7.24. The van der Waals surface area contributed by atoms with Crippen molar-refractivity contribution in [1.29, 1.82) is 0 Å². The maximum Gasteiger partial charge on any atom is 0.0478 e. The molecule has 0 fully saturated rings. The minimum atomic E-state index is 1.09. The molecule has 1 heterocycles. The molecule has 0 amide bonds. The first-order valence-electron chi connectivity index (χ1n) is 12.2. The smallest absolute Gasteiger partial charge is 0.0478 e. The van der Waals surface area contributed by atoms with Crippen molar-refractivity contribution in [2.24, 2.45) is 0 Å². The molecule has 1 aromatic heterocycles. The predicted molar refractivity (Wildman–Crippen MR) is 157 cm³/mol. The second-order valence-electron chi connectivity index (χ2n) is 9.09. The Kier molecular flexibility index (Phi) is 5.04. The molecule has 0 saturated carbocycles. The fourth-order valence-corrected chi connectivity index (χ4v) is 6.33. The van der Waals surface area contributed by atoms with Crippen LogP contribution in [0, 0.1) is 0 Å². The zero-order valence-electron chi connectivity index (χ0n) is 19.6. The van der Waals surface area contributed by atoms with Gasteiger partial charge in [-0.1, -0.05) is 103 Å². The highest BCUT2D eigenvalue weighted by atomic mass is 32.1. The maximum atomic E-state index is 3.70. The molecule has 170 valence electrons. The Hall–Kier alpha value is -4.40. The lowest BCUT2D eigenvalue weighted by Crippen LogP contribution is -1.91. The summed E-state index contributed by atoms with van der Waals surface area (Å²) >= 11 is 1.87. The van der Waals surface area contributed by atoms with E-state index in [0.29, 0.717) is 0 Å². The van der Waals surface area contributed by atoms with Crippen LogP contribution >= 0.6 is 11.3 Å². The van der Waals surface area contributed by atoms with Gasteiger partial charge in [-0.3, -0.25) is 0 Å². The molecule has 0 aliphatic carbocycles. The van der Waals surface area contributed by atoms with E-state index in [9.17, 15) is 0 Å². The summed E-state index contributed by atoms with van der Waals surface area (Å²) in [4.78, 5) is 0. The zero-order chi connectivity index (χ0) is 23.9. The summed E-state index contributed by atoms with van der Waals surface area (Å²) in [6.07, 6.45) is 0. The molecule has 7 aromatic rings. The summed E-state index contributed by atoms with van der Waals surface area (Å²) in [5, 5.41) is 8.82. The molecular weight excluding hydrogens is 454 g/mol. The lowest BCUT2D eigenvalue weighted by Gasteiger charge is -2.10. The van der Waals surface area contributed by atoms with Crippen molar-refractivity contribution < 1.29 is 0 Å². The molecule has 36 heavy (non-hydrogen) atoms. The number of anilines is 2. The van der Waals surface area contributed by atoms with Crippen LogP contribution in [0.15, 0.2) is 133 Å². The summed E-state index contributed by atoms with van der Waals surface area (Å²) < 4.78 is 2.63. The first-order valence-corrected chi connectivity index (χ1v) is 13.0. The SMILES string of the molecule is c1ccc(-c2cccc3c2sc2cccc(Nc4ccc(-c5ccc6ccccc6c5)cc4)c23)cc1. The van der Waals surface area contributed by atoms with E-state index in [-0.39, 0.29) is 0 Å². The van der Waals surface area contributed by atoms with Crippen LogP contribution in [0.25, 0.3) is 53.2 Å². The lowest BCUT2D eigenvalue weighted by molar-refractivity contribution is 1.57. The normalized spacial score (nSPS) is 11.3. The van der Waals surface area contributed by atoms with E-state index in [1.54, 1.807) is 0 Å². The number of hydrogen-bond acceptors (Lipinski definition) is 2. The van der Waals surface area contributed by atoms with Crippen LogP contribution in [0.4, 0.5) is 11.4 Å². The van der Waals surface area contributed by atoms with E-state index in [0.717, 1.165) is 11.4 Å². The van der Waals surface area contributed by atoms with E-state index in [1.807, 2.05) is 11.3 Å². The fourth-order valence-electron chi connectivity index (χ4n) is 5.07. The third kappa shape index (κ3) is 3.64. The quantitative estimate of drug-likeness (QED) is 0.266. The minimum Gasteiger partial charge on any atom is -0.355 e. The van der Waals surface area contributed by atoms with E-state index in [1.165, 1.54) is 53.2 Å². The highest BCUT2D eigenvalue weighted by Gasteiger charge is 2.13. The van der Waals surface area contributed by atoms with Crippen LogP contribution in [0.5, 0.6) is 0 Å². The molecule has 6 aromatic carbocycles. The molecule has 0 unspecified atom stereocenters. The predicted octanol–water partition coefficient (Wildman–Crippen LogP) is 10.3. The van der Waals surface area contributed by atoms with Gasteiger partial charge in [0.05, 0.1) is 0 Å². The highest BCUT2D eigenvalue weighted by Crippen LogP contribution is 2.43. The second kappa shape index (κ2) is 8.67. The van der Waals surface area contributed by atoms with Crippen LogP contribution in [-0.4, -0.2) is 0 Å². The van der Waals surface area contributed by atoms with Gasteiger partial charge in [-0.05, 0) is 63.4 Å². The van der Waals surface area contributed by atoms with Crippen LogP contribution in [0.3, 0.4) is 0 Å². The Labute approximate surface area is 214 Å². The molecule has 1 nitrogen and oxygen atoms in total. The first-order chi connectivity index (χ1) is 17.8. The first kappa shape index (κ1) is 20.9. The standard InChI is InChI=1S/C34H23NS/c1-2-9-25(10-3-1)29-12-6-13-30-33-31(14-7-15-32(33)36-34(29)30)35-28-20-18-24(19-21-28)27-17-16-23-8-4-5-11-26(23)22-27/h1-22,35H. The third-order valence-corrected chi connectivity index (χ3v) is 8.06. The minimum absolute atomic E-state index is 1.09. The molecule has 0 aliphatic heterocycles. The van der Waals surface area contributed by atoms with Gasteiger partial charge >= 0.3 is 0 Å². The summed E-state index contributed by atoms with van der Waals surface area (Å²) in [6, 6.07) is 47.8. The molecular formula is C34H23NS. The van der Waals surface area contributed by atoms with Crippen LogP contribution in [0.2, 0.25) is 0 Å². The van der Waals surface area contributed by atoms with Gasteiger partial charge in [0.25, 0.3) is 0 Å². The van der Waals surface area contributed by atoms with Gasteiger partial charge < -0.3 is 5.32 Å². The molecule has 0 atom stereocenters. The van der Waals surface area contributed by atoms with Gasteiger partial charge in [0.15, 0.2) is 0 Å². The summed E-state index contributed by atoms with van der Waals surface area (Å²) in [6.45, 7) is 0. The van der Waals surface area contributed by atoms with E-state index in [4.69, 9.17) is 0 Å². The van der Waals surface area contributed by atoms with Gasteiger partial charge in [-0.25, -0.2) is 0 Å². The molecule has 7 rings (SSSR count). The third-order valence-electron chi connectivity index (χ3n) is 6.85. The number of benzene rings is 6. The van der Waals surface area contributed by atoms with Gasteiger partial charge in [0.2, 0.25) is 0 Å². The lowest BCUT2D eigenvalue weighted by atomic mass is 10.0. The molecule has 0 bridgehead atoms. The van der Waals surface area contributed by atoms with Crippen molar-refractivity contribution in [3.8, 4) is 22.3 Å². The molecule has 1 N–H and O–H groups in total. The van der Waals surface area contributed by atoms with Crippen LogP contribution < -0.4 is 5.32 Å². The Bertz CT molecular complexity index is 1850. The Morgan fingerprint density at radius 3 is 2.11 bits per heavy atom. The number of rotatable bonds is 4. The van der Waals surface area contributed by atoms with E-state index >= 15 is 0 Å². The average molecular weight is 478 g/mol. The van der Waals surface area contributed by atoms with Crippen LogP contribution in [-0.2, 0) is 0 Å². The van der Waals surface area contributed by atoms with Crippen molar-refractivity contribution in [3.63, 3.8) is 0 Å². The van der Waals surface area contributed by atoms with Crippen molar-refractivity contribution >= 4 is 53.7 Å². The van der Waals surface area contributed by atoms with Crippen molar-refractivity contribution in [2.75, 3.05) is 5.32 Å².